The van der Waals surface area contributed by atoms with Crippen LogP contribution in [-0.2, 0) is 0 Å². The molecule has 0 aliphatic heterocycles. The molecule has 0 aliphatic rings. The lowest BCUT2D eigenvalue weighted by atomic mass is 10.2. The maximum absolute atomic E-state index is 11.8. The number of carbonyl (C=O) groups is 1. The Morgan fingerprint density at radius 3 is 2.45 bits per heavy atom. The first-order valence-electron chi connectivity index (χ1n) is 5.94. The highest BCUT2D eigenvalue weighted by atomic mass is 16.6. The van der Waals surface area contributed by atoms with E-state index >= 15 is 0 Å². The summed E-state index contributed by atoms with van der Waals surface area (Å²) in [6, 6.07) is 12.9. The summed E-state index contributed by atoms with van der Waals surface area (Å²) >= 11 is 0. The van der Waals surface area contributed by atoms with Gasteiger partial charge in [-0.25, -0.2) is 4.79 Å². The van der Waals surface area contributed by atoms with Crippen molar-refractivity contribution in [1.29, 1.82) is 0 Å². The van der Waals surface area contributed by atoms with Gasteiger partial charge >= 0.3 is 6.03 Å². The average Bonchev–Trinajstić information content (AvgIpc) is 2.41. The van der Waals surface area contributed by atoms with Crippen LogP contribution in [0.1, 0.15) is 5.56 Å². The molecule has 0 saturated carbocycles. The number of benzene rings is 2. The van der Waals surface area contributed by atoms with Crippen molar-refractivity contribution < 1.29 is 9.72 Å². The fraction of sp³-hybridized carbons (Fsp3) is 0.0714. The summed E-state index contributed by atoms with van der Waals surface area (Å²) in [7, 11) is 0. The highest BCUT2D eigenvalue weighted by Crippen LogP contribution is 2.25. The predicted molar refractivity (Wildman–Crippen MR) is 76.9 cm³/mol. The molecule has 2 amide bonds. The van der Waals surface area contributed by atoms with E-state index in [1.165, 1.54) is 12.1 Å². The highest BCUT2D eigenvalue weighted by molar-refractivity contribution is 6.01. The van der Waals surface area contributed by atoms with Crippen LogP contribution < -0.4 is 10.6 Å². The van der Waals surface area contributed by atoms with Crippen molar-refractivity contribution in [2.24, 2.45) is 0 Å². The number of para-hydroxylation sites is 1. The fourth-order valence-corrected chi connectivity index (χ4v) is 1.70. The molecular formula is C14H13N3O3. The Morgan fingerprint density at radius 1 is 1.10 bits per heavy atom. The van der Waals surface area contributed by atoms with E-state index in [2.05, 4.69) is 10.6 Å². The quantitative estimate of drug-likeness (QED) is 0.661. The number of amides is 2. The van der Waals surface area contributed by atoms with Crippen molar-refractivity contribution in [1.82, 2.24) is 0 Å². The second kappa shape index (κ2) is 5.83. The SMILES string of the molecule is Cc1ccc(NC(=O)Nc2ccccc2)c([N+](=O)[O-])c1. The molecule has 2 aromatic rings. The van der Waals surface area contributed by atoms with Gasteiger partial charge in [-0.1, -0.05) is 24.3 Å². The van der Waals surface area contributed by atoms with E-state index in [0.29, 0.717) is 5.69 Å². The summed E-state index contributed by atoms with van der Waals surface area (Å²) in [5.41, 5.74) is 1.40. The summed E-state index contributed by atoms with van der Waals surface area (Å²) in [6.07, 6.45) is 0. The number of aryl methyl sites for hydroxylation is 1. The van der Waals surface area contributed by atoms with Crippen LogP contribution in [0.15, 0.2) is 48.5 Å². The number of nitrogens with zero attached hydrogens (tertiary/aromatic N) is 1. The molecule has 2 rings (SSSR count). The lowest BCUT2D eigenvalue weighted by molar-refractivity contribution is -0.384. The molecule has 0 heterocycles. The summed E-state index contributed by atoms with van der Waals surface area (Å²) in [6.45, 7) is 1.75. The molecule has 0 unspecified atom stereocenters. The van der Waals surface area contributed by atoms with Crippen molar-refractivity contribution in [3.05, 3.63) is 64.2 Å². The van der Waals surface area contributed by atoms with Crippen molar-refractivity contribution in [3.8, 4) is 0 Å². The van der Waals surface area contributed by atoms with Gasteiger partial charge in [0, 0.05) is 11.8 Å². The number of urea groups is 1. The van der Waals surface area contributed by atoms with Crippen molar-refractivity contribution >= 4 is 23.1 Å². The zero-order valence-corrected chi connectivity index (χ0v) is 10.8. The summed E-state index contributed by atoms with van der Waals surface area (Å²) in [5, 5.41) is 16.0. The average molecular weight is 271 g/mol. The van der Waals surface area contributed by atoms with Crippen LogP contribution >= 0.6 is 0 Å². The third kappa shape index (κ3) is 3.32. The van der Waals surface area contributed by atoms with Gasteiger partial charge in [-0.3, -0.25) is 10.1 Å². The molecule has 0 bridgehead atoms. The molecule has 0 spiro atoms. The molecule has 6 nitrogen and oxygen atoms in total. The molecule has 0 atom stereocenters. The fourth-order valence-electron chi connectivity index (χ4n) is 1.70. The van der Waals surface area contributed by atoms with Crippen LogP contribution in [0.25, 0.3) is 0 Å². The minimum absolute atomic E-state index is 0.131. The monoisotopic (exact) mass is 271 g/mol. The van der Waals surface area contributed by atoms with Crippen molar-refractivity contribution in [2.45, 2.75) is 6.92 Å². The van der Waals surface area contributed by atoms with Gasteiger partial charge in [-0.05, 0) is 30.7 Å². The van der Waals surface area contributed by atoms with Gasteiger partial charge in [-0.2, -0.15) is 0 Å². The molecule has 102 valence electrons. The maximum Gasteiger partial charge on any atom is 0.323 e. The van der Waals surface area contributed by atoms with E-state index in [1.807, 2.05) is 6.07 Å². The summed E-state index contributed by atoms with van der Waals surface area (Å²) in [5.74, 6) is 0. The first-order chi connectivity index (χ1) is 9.56. The molecule has 2 N–H and O–H groups in total. The largest absolute Gasteiger partial charge is 0.323 e. The number of nitro benzene ring substituents is 1. The molecule has 0 radical (unpaired) electrons. The molecule has 20 heavy (non-hydrogen) atoms. The lowest BCUT2D eigenvalue weighted by Crippen LogP contribution is -2.20. The second-order valence-corrected chi connectivity index (χ2v) is 4.22. The Kier molecular flexibility index (Phi) is 3.95. The topological polar surface area (TPSA) is 84.3 Å². The Hall–Kier alpha value is -2.89. The smallest absolute Gasteiger partial charge is 0.308 e. The van der Waals surface area contributed by atoms with Gasteiger partial charge < -0.3 is 10.6 Å². The van der Waals surface area contributed by atoms with Crippen LogP contribution in [0, 0.1) is 17.0 Å². The number of nitrogens with one attached hydrogen (secondary N) is 2. The number of rotatable bonds is 3. The summed E-state index contributed by atoms with van der Waals surface area (Å²) < 4.78 is 0. The molecule has 0 saturated heterocycles. The minimum Gasteiger partial charge on any atom is -0.308 e. The molecule has 2 aromatic carbocycles. The molecule has 0 fully saturated rings. The predicted octanol–water partition coefficient (Wildman–Crippen LogP) is 3.55. The van der Waals surface area contributed by atoms with Gasteiger partial charge in [-0.15, -0.1) is 0 Å². The zero-order valence-electron chi connectivity index (χ0n) is 10.8. The van der Waals surface area contributed by atoms with Crippen LogP contribution in [-0.4, -0.2) is 11.0 Å². The van der Waals surface area contributed by atoms with Gasteiger partial charge in [0.2, 0.25) is 0 Å². The molecule has 0 aromatic heterocycles. The molecule has 6 heteroatoms. The normalized spacial score (nSPS) is 9.85. The van der Waals surface area contributed by atoms with E-state index in [0.717, 1.165) is 5.56 Å². The van der Waals surface area contributed by atoms with E-state index in [-0.39, 0.29) is 11.4 Å². The van der Waals surface area contributed by atoms with Crippen LogP contribution in [0.3, 0.4) is 0 Å². The van der Waals surface area contributed by atoms with Crippen LogP contribution in [0.4, 0.5) is 21.9 Å². The van der Waals surface area contributed by atoms with Gasteiger partial charge in [0.1, 0.15) is 5.69 Å². The lowest BCUT2D eigenvalue weighted by Gasteiger charge is -2.08. The first kappa shape index (κ1) is 13.5. The Balaban J connectivity index is 2.14. The first-order valence-corrected chi connectivity index (χ1v) is 5.94. The van der Waals surface area contributed by atoms with E-state index in [9.17, 15) is 14.9 Å². The third-order valence-corrected chi connectivity index (χ3v) is 2.63. The number of carbonyl (C=O) groups excluding carboxylic acids is 1. The second-order valence-electron chi connectivity index (χ2n) is 4.22. The Bertz CT molecular complexity index is 641. The minimum atomic E-state index is -0.525. The number of hydrogen-bond donors (Lipinski definition) is 2. The molecule has 0 aliphatic carbocycles. The van der Waals surface area contributed by atoms with Gasteiger partial charge in [0.25, 0.3) is 5.69 Å². The maximum atomic E-state index is 11.8. The van der Waals surface area contributed by atoms with Gasteiger partial charge in [0.15, 0.2) is 0 Å². The number of anilines is 2. The van der Waals surface area contributed by atoms with Crippen molar-refractivity contribution in [3.63, 3.8) is 0 Å². The van der Waals surface area contributed by atoms with Crippen LogP contribution in [0.2, 0.25) is 0 Å². The highest BCUT2D eigenvalue weighted by Gasteiger charge is 2.15. The number of nitro groups is 1. The van der Waals surface area contributed by atoms with E-state index < -0.39 is 11.0 Å². The van der Waals surface area contributed by atoms with E-state index in [1.54, 1.807) is 37.3 Å². The van der Waals surface area contributed by atoms with Crippen LogP contribution in [0.5, 0.6) is 0 Å². The Morgan fingerprint density at radius 2 is 1.80 bits per heavy atom. The van der Waals surface area contributed by atoms with Gasteiger partial charge in [0.05, 0.1) is 4.92 Å². The zero-order chi connectivity index (χ0) is 14.5. The third-order valence-electron chi connectivity index (χ3n) is 2.63. The standard InChI is InChI=1S/C14H13N3O3/c1-10-7-8-12(13(9-10)17(19)20)16-14(18)15-11-5-3-2-4-6-11/h2-9H,1H3,(H2,15,16,18). The number of hydrogen-bond acceptors (Lipinski definition) is 3. The summed E-state index contributed by atoms with van der Waals surface area (Å²) in [4.78, 5) is 22.2. The van der Waals surface area contributed by atoms with Crippen molar-refractivity contribution in [2.75, 3.05) is 10.6 Å². The Labute approximate surface area is 115 Å². The molecular weight excluding hydrogens is 258 g/mol. The van der Waals surface area contributed by atoms with E-state index in [4.69, 9.17) is 0 Å².